The van der Waals surface area contributed by atoms with Crippen molar-refractivity contribution in [3.05, 3.63) is 16.7 Å². The van der Waals surface area contributed by atoms with Crippen LogP contribution in [-0.2, 0) is 11.2 Å². The lowest BCUT2D eigenvalue weighted by Crippen LogP contribution is -2.20. The highest BCUT2D eigenvalue weighted by Gasteiger charge is 2.17. The molecular formula is C23H22ClNO3. The van der Waals surface area contributed by atoms with Gasteiger partial charge in [-0.25, -0.2) is 0 Å². The number of halogens is 1. The summed E-state index contributed by atoms with van der Waals surface area (Å²) in [6.45, 7) is 2.19. The van der Waals surface area contributed by atoms with E-state index >= 15 is 0 Å². The van der Waals surface area contributed by atoms with Crippen LogP contribution in [0.5, 0.6) is 11.5 Å². The Bertz CT molecular complexity index is 907. The van der Waals surface area contributed by atoms with E-state index in [1.165, 1.54) is 19.3 Å². The third kappa shape index (κ3) is 6.37. The number of terminal acetylenes is 1. The van der Waals surface area contributed by atoms with Crippen molar-refractivity contribution in [2.24, 2.45) is 0 Å². The molecule has 0 amide bonds. The Hall–Kier alpha value is -2.89. The van der Waals surface area contributed by atoms with Crippen LogP contribution in [0.2, 0.25) is 5.02 Å². The number of phenolic OH excluding ortho intramolecular Hbond substituents is 1. The quantitative estimate of drug-likeness (QED) is 0.428. The topological polar surface area (TPSA) is 50.7 Å². The summed E-state index contributed by atoms with van der Waals surface area (Å²) in [5.74, 6) is 14.9. The van der Waals surface area contributed by atoms with Gasteiger partial charge in [0.2, 0.25) is 0 Å². The van der Waals surface area contributed by atoms with Gasteiger partial charge in [-0.1, -0.05) is 37.8 Å². The number of nitrogens with one attached hydrogen (secondary N) is 1. The van der Waals surface area contributed by atoms with Crippen LogP contribution < -0.4 is 10.1 Å². The van der Waals surface area contributed by atoms with E-state index in [1.807, 2.05) is 6.92 Å². The molecule has 1 aromatic carbocycles. The predicted molar refractivity (Wildman–Crippen MR) is 112 cm³/mol. The molecule has 28 heavy (non-hydrogen) atoms. The minimum Gasteiger partial charge on any atom is -0.504 e. The van der Waals surface area contributed by atoms with Crippen molar-refractivity contribution in [2.45, 2.75) is 51.6 Å². The van der Waals surface area contributed by atoms with Crippen molar-refractivity contribution < 1.29 is 14.6 Å². The molecule has 1 fully saturated rings. The molecule has 0 spiro atoms. The van der Waals surface area contributed by atoms with Crippen molar-refractivity contribution in [2.75, 3.05) is 12.0 Å². The lowest BCUT2D eigenvalue weighted by atomic mass is 9.98. The van der Waals surface area contributed by atoms with E-state index in [1.54, 1.807) is 6.07 Å². The van der Waals surface area contributed by atoms with Gasteiger partial charge in [0.05, 0.1) is 16.8 Å². The number of hydrogen-bond acceptors (Lipinski definition) is 4. The number of benzene rings is 1. The molecule has 0 radical (unpaired) electrons. The fourth-order valence-electron chi connectivity index (χ4n) is 2.92. The molecule has 144 valence electrons. The largest absolute Gasteiger partial charge is 0.504 e. The lowest BCUT2D eigenvalue weighted by Gasteiger charge is -2.22. The molecule has 0 aliphatic heterocycles. The molecule has 1 saturated carbocycles. The molecule has 1 aromatic rings. The first-order valence-corrected chi connectivity index (χ1v) is 9.57. The van der Waals surface area contributed by atoms with Gasteiger partial charge in [0.15, 0.2) is 5.75 Å². The van der Waals surface area contributed by atoms with Gasteiger partial charge in [0.25, 0.3) is 0 Å². The van der Waals surface area contributed by atoms with Gasteiger partial charge in [-0.05, 0) is 37.0 Å². The zero-order valence-electron chi connectivity index (χ0n) is 15.8. The molecule has 0 aromatic heterocycles. The van der Waals surface area contributed by atoms with Gasteiger partial charge in [-0.15, -0.1) is 6.42 Å². The number of ether oxygens (including phenoxy) is 2. The molecule has 0 bridgehead atoms. The predicted octanol–water partition coefficient (Wildman–Crippen LogP) is 4.31. The van der Waals surface area contributed by atoms with Crippen molar-refractivity contribution in [1.82, 2.24) is 0 Å². The number of anilines is 1. The van der Waals surface area contributed by atoms with Gasteiger partial charge in [-0.3, -0.25) is 0 Å². The first-order valence-electron chi connectivity index (χ1n) is 9.19. The number of phenols is 1. The molecule has 4 nitrogen and oxygen atoms in total. The van der Waals surface area contributed by atoms with Crippen LogP contribution >= 0.6 is 11.6 Å². The average Bonchev–Trinajstić information content (AvgIpc) is 2.71. The SMILES string of the molecule is C#CC#CC#CC#COc1cc(NCOC2CCCCC2)c(O)c(Cl)c1CC. The highest BCUT2D eigenvalue weighted by Crippen LogP contribution is 2.41. The maximum atomic E-state index is 10.4. The van der Waals surface area contributed by atoms with Crippen LogP contribution in [-0.4, -0.2) is 17.9 Å². The Kier molecular flexibility index (Phi) is 8.98. The smallest absolute Gasteiger partial charge is 0.158 e. The van der Waals surface area contributed by atoms with Crippen LogP contribution in [0.3, 0.4) is 0 Å². The van der Waals surface area contributed by atoms with Gasteiger partial charge < -0.3 is 19.9 Å². The molecule has 0 saturated heterocycles. The molecule has 1 aliphatic carbocycles. The third-order valence-corrected chi connectivity index (χ3v) is 4.73. The minimum absolute atomic E-state index is 0.0320. The highest BCUT2D eigenvalue weighted by molar-refractivity contribution is 6.33. The van der Waals surface area contributed by atoms with E-state index in [-0.39, 0.29) is 23.6 Å². The van der Waals surface area contributed by atoms with E-state index in [9.17, 15) is 5.11 Å². The monoisotopic (exact) mass is 395 g/mol. The summed E-state index contributed by atoms with van der Waals surface area (Å²) in [7, 11) is 0. The Labute approximate surface area is 172 Å². The van der Waals surface area contributed by atoms with E-state index in [0.717, 1.165) is 12.8 Å². The van der Waals surface area contributed by atoms with Crippen LogP contribution in [0.15, 0.2) is 6.07 Å². The normalized spacial score (nSPS) is 12.9. The molecule has 0 unspecified atom stereocenters. The maximum Gasteiger partial charge on any atom is 0.158 e. The molecule has 2 rings (SSSR count). The van der Waals surface area contributed by atoms with E-state index in [4.69, 9.17) is 27.5 Å². The van der Waals surface area contributed by atoms with Crippen molar-refractivity contribution in [3.63, 3.8) is 0 Å². The van der Waals surface area contributed by atoms with E-state index < -0.39 is 0 Å². The fraction of sp³-hybridized carbons (Fsp3) is 0.391. The Balaban J connectivity index is 2.08. The first-order chi connectivity index (χ1) is 13.7. The first kappa shape index (κ1) is 21.4. The average molecular weight is 396 g/mol. The zero-order valence-corrected chi connectivity index (χ0v) is 16.6. The second-order valence-electron chi connectivity index (χ2n) is 6.14. The highest BCUT2D eigenvalue weighted by atomic mass is 35.5. The lowest BCUT2D eigenvalue weighted by molar-refractivity contribution is 0.0399. The molecular weight excluding hydrogens is 374 g/mol. The molecule has 2 N–H and O–H groups in total. The summed E-state index contributed by atoms with van der Waals surface area (Å²) in [5.41, 5.74) is 1.09. The summed E-state index contributed by atoms with van der Waals surface area (Å²) in [5, 5.41) is 13.7. The van der Waals surface area contributed by atoms with E-state index in [2.05, 4.69) is 46.9 Å². The Morgan fingerprint density at radius 3 is 2.61 bits per heavy atom. The summed E-state index contributed by atoms with van der Waals surface area (Å²) in [6.07, 6.45) is 14.1. The molecule has 1 aliphatic rings. The number of aromatic hydroxyl groups is 1. The maximum absolute atomic E-state index is 10.4. The zero-order chi connectivity index (χ0) is 20.2. The summed E-state index contributed by atoms with van der Waals surface area (Å²) in [6, 6.07) is 1.66. The summed E-state index contributed by atoms with van der Waals surface area (Å²) in [4.78, 5) is 0. The molecule has 0 atom stereocenters. The van der Waals surface area contributed by atoms with Gasteiger partial charge in [-0.2, -0.15) is 0 Å². The van der Waals surface area contributed by atoms with Crippen LogP contribution in [0.1, 0.15) is 44.6 Å². The van der Waals surface area contributed by atoms with Gasteiger partial charge in [0, 0.05) is 29.4 Å². The van der Waals surface area contributed by atoms with Crippen LogP contribution in [0, 0.1) is 48.1 Å². The van der Waals surface area contributed by atoms with Crippen LogP contribution in [0.25, 0.3) is 0 Å². The Morgan fingerprint density at radius 1 is 1.18 bits per heavy atom. The number of hydrogen-bond donors (Lipinski definition) is 2. The minimum atomic E-state index is -0.0320. The van der Waals surface area contributed by atoms with Crippen LogP contribution in [0.4, 0.5) is 5.69 Å². The van der Waals surface area contributed by atoms with E-state index in [0.29, 0.717) is 23.4 Å². The summed E-state index contributed by atoms with van der Waals surface area (Å²) < 4.78 is 11.3. The van der Waals surface area contributed by atoms with Crippen molar-refractivity contribution in [3.8, 4) is 59.6 Å². The summed E-state index contributed by atoms with van der Waals surface area (Å²) >= 11 is 6.30. The standard InChI is InChI=1S/C23H22ClNO3/c1-3-5-6-7-8-12-15-27-21-16-20(23(26)22(24)19(21)4-2)25-17-28-18-13-10-9-11-14-18/h1,16,18,25-26H,4,9-11,13-14,17H2,2H3. The third-order valence-electron chi connectivity index (χ3n) is 4.32. The Morgan fingerprint density at radius 2 is 1.89 bits per heavy atom. The van der Waals surface area contributed by atoms with Gasteiger partial charge >= 0.3 is 0 Å². The fourth-order valence-corrected chi connectivity index (χ4v) is 3.24. The van der Waals surface area contributed by atoms with Crippen molar-refractivity contribution >= 4 is 17.3 Å². The molecule has 0 heterocycles. The van der Waals surface area contributed by atoms with Crippen molar-refractivity contribution in [1.29, 1.82) is 0 Å². The van der Waals surface area contributed by atoms with Gasteiger partial charge in [0.1, 0.15) is 18.6 Å². The molecule has 5 heteroatoms. The number of rotatable bonds is 6. The second kappa shape index (κ2) is 11.7. The second-order valence-corrected chi connectivity index (χ2v) is 6.52.